The third-order valence-corrected chi connectivity index (χ3v) is 5.39. The van der Waals surface area contributed by atoms with E-state index in [0.29, 0.717) is 0 Å². The first-order valence-corrected chi connectivity index (χ1v) is 6.64. The van der Waals surface area contributed by atoms with Gasteiger partial charge < -0.3 is 0 Å². The van der Waals surface area contributed by atoms with Gasteiger partial charge in [-0.05, 0) is 17.7 Å². The zero-order chi connectivity index (χ0) is 9.26. The minimum absolute atomic E-state index is 0. The maximum absolute atomic E-state index is 4.64. The number of hydrogen-bond acceptors (Lipinski definition) is 2. The topological polar surface area (TPSA) is 12.9 Å². The molecule has 1 atom stereocenters. The van der Waals surface area contributed by atoms with Crippen LogP contribution in [-0.2, 0) is 0 Å². The molecule has 17 heavy (non-hydrogen) atoms. The number of rotatable bonds is 2. The summed E-state index contributed by atoms with van der Waals surface area (Å²) in [4.78, 5) is 4.64. The Labute approximate surface area is 138 Å². The van der Waals surface area contributed by atoms with Crippen LogP contribution < -0.4 is 0 Å². The van der Waals surface area contributed by atoms with Crippen molar-refractivity contribution in [1.82, 2.24) is 4.98 Å². The van der Waals surface area contributed by atoms with E-state index >= 15 is 0 Å². The molecule has 0 N–H and O–H groups in total. The lowest BCUT2D eigenvalue weighted by molar-refractivity contribution is 0.874. The van der Waals surface area contributed by atoms with Gasteiger partial charge in [-0.3, -0.25) is 0 Å². The summed E-state index contributed by atoms with van der Waals surface area (Å²) in [7, 11) is 1.21. The quantitative estimate of drug-likeness (QED) is 0.764. The normalized spacial score (nSPS) is 10.4. The Morgan fingerprint density at radius 2 is 1.76 bits per heavy atom. The summed E-state index contributed by atoms with van der Waals surface area (Å²) in [6, 6.07) is 8.39. The van der Waals surface area contributed by atoms with Gasteiger partial charge >= 0.3 is 0 Å². The molecule has 0 spiro atoms. The summed E-state index contributed by atoms with van der Waals surface area (Å²) >= 11 is 1.85. The van der Waals surface area contributed by atoms with Crippen molar-refractivity contribution in [3.05, 3.63) is 29.3 Å². The van der Waals surface area contributed by atoms with E-state index in [0.717, 1.165) is 11.1 Å². The lowest BCUT2D eigenvalue weighted by Gasteiger charge is -2.00. The van der Waals surface area contributed by atoms with Crippen molar-refractivity contribution in [3.8, 4) is 0 Å². The summed E-state index contributed by atoms with van der Waals surface area (Å²) in [6.07, 6.45) is 1.23. The fourth-order valence-corrected chi connectivity index (χ4v) is 2.86. The van der Waals surface area contributed by atoms with Gasteiger partial charge in [0, 0.05) is 10.2 Å². The van der Waals surface area contributed by atoms with Crippen LogP contribution in [-0.4, -0.2) is 15.2 Å². The average Bonchev–Trinajstić information content (AvgIpc) is 2.59. The number of para-hydroxylation sites is 1. The van der Waals surface area contributed by atoms with Crippen LogP contribution in [0.15, 0.2) is 24.3 Å². The molecule has 0 aliphatic heterocycles. The van der Waals surface area contributed by atoms with Gasteiger partial charge in [-0.25, -0.2) is 4.98 Å². The van der Waals surface area contributed by atoms with E-state index in [1.54, 1.807) is 0 Å². The molecule has 1 heterocycles. The molecule has 100 valence electrons. The Morgan fingerprint density at radius 1 is 1.18 bits per heavy atom. The molecule has 0 aliphatic carbocycles. The summed E-state index contributed by atoms with van der Waals surface area (Å²) in [5.41, 5.74) is 1.90. The first-order valence-electron chi connectivity index (χ1n) is 4.66. The first kappa shape index (κ1) is 22.9. The largest absolute Gasteiger partial charge is 0.241 e. The van der Waals surface area contributed by atoms with E-state index in [9.17, 15) is 0 Å². The lowest BCUT2D eigenvalue weighted by Crippen LogP contribution is -1.93. The van der Waals surface area contributed by atoms with Crippen LogP contribution in [0, 0.1) is 0 Å². The van der Waals surface area contributed by atoms with E-state index in [4.69, 9.17) is 0 Å². The van der Waals surface area contributed by atoms with Gasteiger partial charge in [0.1, 0.15) is 0 Å². The summed E-state index contributed by atoms with van der Waals surface area (Å²) in [5.74, 6) is 0. The molecule has 2 rings (SSSR count). The fourth-order valence-electron chi connectivity index (χ4n) is 1.28. The van der Waals surface area contributed by atoms with Crippen LogP contribution >= 0.6 is 65.3 Å². The van der Waals surface area contributed by atoms with E-state index in [1.807, 2.05) is 11.3 Å². The maximum atomic E-state index is 4.64. The van der Waals surface area contributed by atoms with E-state index < -0.39 is 0 Å². The molecule has 0 amide bonds. The number of nitrogens with zero attached hydrogens (tertiary/aromatic N) is 1. The second kappa shape index (κ2) is 10.6. The third-order valence-electron chi connectivity index (χ3n) is 2.34. The van der Waals surface area contributed by atoms with E-state index in [1.165, 1.54) is 26.4 Å². The van der Waals surface area contributed by atoms with Gasteiger partial charge in [-0.15, -0.1) is 11.3 Å². The molecule has 0 saturated carbocycles. The van der Waals surface area contributed by atoms with Crippen LogP contribution in [0.5, 0.6) is 0 Å². The van der Waals surface area contributed by atoms with Crippen molar-refractivity contribution in [2.45, 2.75) is 18.9 Å². The molecule has 2 aromatic rings. The van der Waals surface area contributed by atoms with Crippen molar-refractivity contribution in [2.24, 2.45) is 0 Å². The fraction of sp³-hybridized carbons (Fsp3) is 0.300. The van der Waals surface area contributed by atoms with Gasteiger partial charge in [-0.1, -0.05) is 25.5 Å². The summed E-state index contributed by atoms with van der Waals surface area (Å²) in [5, 5.41) is 1.33. The van der Waals surface area contributed by atoms with Gasteiger partial charge in [0.2, 0.25) is 0 Å². The number of thiazole rings is 1. The first-order chi connectivity index (χ1) is 6.31. The van der Waals surface area contributed by atoms with Crippen LogP contribution in [0.3, 0.4) is 0 Å². The molecule has 1 unspecified atom stereocenters. The predicted octanol–water partition coefficient (Wildman–Crippen LogP) is 2.56. The van der Waals surface area contributed by atoms with Crippen LogP contribution in [0.4, 0.5) is 0 Å². The molecular weight excluding hydrogens is 323 g/mol. The van der Waals surface area contributed by atoms with Crippen LogP contribution in [0.2, 0.25) is 0 Å². The molecule has 1 nitrogen and oxygen atoms in total. The molecule has 0 fully saturated rings. The Balaban J connectivity index is -0.000000490. The zero-order valence-corrected chi connectivity index (χ0v) is 16.8. The lowest BCUT2D eigenvalue weighted by atomic mass is 10.3. The minimum Gasteiger partial charge on any atom is -0.241 e. The smallest absolute Gasteiger partial charge is 0.0933 e. The Kier molecular flexibility index (Phi) is 14.3. The monoisotopic (exact) mass is 343 g/mol. The zero-order valence-electron chi connectivity index (χ0n) is 9.95. The summed E-state index contributed by atoms with van der Waals surface area (Å²) in [6.45, 7) is 2.24. The Morgan fingerprint density at radius 3 is 2.29 bits per heavy atom. The number of hydrogen-bond donors (Lipinski definition) is 0. The SMILES string of the molecule is CCC([SiH3])c1nc2ccccc2s1.S.S.S.S. The Hall–Kier alpha value is 0.727. The molecule has 0 bridgehead atoms. The average molecular weight is 344 g/mol. The van der Waals surface area contributed by atoms with Crippen LogP contribution in [0.1, 0.15) is 23.9 Å². The van der Waals surface area contributed by atoms with Crippen molar-refractivity contribution in [3.63, 3.8) is 0 Å². The van der Waals surface area contributed by atoms with Crippen molar-refractivity contribution in [2.75, 3.05) is 0 Å². The highest BCUT2D eigenvalue weighted by atomic mass is 32.1. The van der Waals surface area contributed by atoms with Crippen LogP contribution in [0.25, 0.3) is 10.2 Å². The number of benzene rings is 1. The van der Waals surface area contributed by atoms with Crippen molar-refractivity contribution >= 4 is 85.8 Å². The van der Waals surface area contributed by atoms with E-state index in [-0.39, 0.29) is 54.0 Å². The van der Waals surface area contributed by atoms with E-state index in [2.05, 4.69) is 36.2 Å². The second-order valence-electron chi connectivity index (χ2n) is 3.33. The van der Waals surface area contributed by atoms with Gasteiger partial charge in [0.25, 0.3) is 0 Å². The van der Waals surface area contributed by atoms with Gasteiger partial charge in [-0.2, -0.15) is 54.0 Å². The predicted molar refractivity (Wildman–Crippen MR) is 104 cm³/mol. The highest BCUT2D eigenvalue weighted by molar-refractivity contribution is 7.59. The van der Waals surface area contributed by atoms with Crippen molar-refractivity contribution < 1.29 is 0 Å². The van der Waals surface area contributed by atoms with Crippen molar-refractivity contribution in [1.29, 1.82) is 0 Å². The Bertz CT molecular complexity index is 387. The highest BCUT2D eigenvalue weighted by Gasteiger charge is 2.08. The molecule has 1 aromatic carbocycles. The molecule has 7 heteroatoms. The molecule has 1 aromatic heterocycles. The summed E-state index contributed by atoms with van der Waals surface area (Å²) < 4.78 is 1.33. The molecule has 0 aliphatic rings. The number of aromatic nitrogens is 1. The second-order valence-corrected chi connectivity index (χ2v) is 5.79. The highest BCUT2D eigenvalue weighted by Crippen LogP contribution is 2.27. The van der Waals surface area contributed by atoms with Gasteiger partial charge in [0.15, 0.2) is 0 Å². The standard InChI is InChI=1S/C10H13NSSi.4H2S/c1-2-9(13)10-11-7-5-3-4-6-8(7)12-10;;;;/h3-6,9H,2H2,1,13H3;4*1H2. The van der Waals surface area contributed by atoms with Gasteiger partial charge in [0.05, 0.1) is 15.2 Å². The number of fused-ring (bicyclic) bond motifs is 1. The maximum Gasteiger partial charge on any atom is 0.0933 e. The third kappa shape index (κ3) is 5.48. The minimum atomic E-state index is 0. The molecule has 0 saturated heterocycles. The molecule has 0 radical (unpaired) electrons. The molecular formula is C10H21NS5Si.